The third-order valence-corrected chi connectivity index (χ3v) is 4.60. The SMILES string of the molecule is CC(C)NC(=O)C(=O)N/N=C\c1cc(Br)ccc1OCc1c(Cl)cccc1Cl. The summed E-state index contributed by atoms with van der Waals surface area (Å²) in [6.07, 6.45) is 1.38. The quantitative estimate of drug-likeness (QED) is 0.362. The second-order valence-corrected chi connectivity index (χ2v) is 7.73. The Morgan fingerprint density at radius 3 is 2.50 bits per heavy atom. The van der Waals surface area contributed by atoms with E-state index in [1.54, 1.807) is 50.2 Å². The number of nitrogens with zero attached hydrogens (tertiary/aromatic N) is 1. The molecule has 28 heavy (non-hydrogen) atoms. The highest BCUT2D eigenvalue weighted by atomic mass is 79.9. The Morgan fingerprint density at radius 2 is 1.86 bits per heavy atom. The second-order valence-electron chi connectivity index (χ2n) is 6.00. The highest BCUT2D eigenvalue weighted by molar-refractivity contribution is 9.10. The molecule has 0 heterocycles. The van der Waals surface area contributed by atoms with Crippen molar-refractivity contribution in [2.24, 2.45) is 5.10 Å². The van der Waals surface area contributed by atoms with Gasteiger partial charge in [-0.05, 0) is 44.2 Å². The molecule has 0 bridgehead atoms. The fourth-order valence-corrected chi connectivity index (χ4v) is 3.00. The summed E-state index contributed by atoms with van der Waals surface area (Å²) in [4.78, 5) is 23.3. The molecule has 2 rings (SSSR count). The summed E-state index contributed by atoms with van der Waals surface area (Å²) in [6, 6.07) is 10.4. The molecule has 148 valence electrons. The van der Waals surface area contributed by atoms with E-state index < -0.39 is 11.8 Å². The summed E-state index contributed by atoms with van der Waals surface area (Å²) < 4.78 is 6.62. The van der Waals surface area contributed by atoms with Gasteiger partial charge < -0.3 is 10.1 Å². The van der Waals surface area contributed by atoms with E-state index in [1.807, 2.05) is 0 Å². The first-order valence-corrected chi connectivity index (χ1v) is 9.82. The van der Waals surface area contributed by atoms with Gasteiger partial charge in [0.2, 0.25) is 0 Å². The van der Waals surface area contributed by atoms with E-state index in [0.717, 1.165) is 4.47 Å². The largest absolute Gasteiger partial charge is 0.488 e. The summed E-state index contributed by atoms with van der Waals surface area (Å²) in [5.41, 5.74) is 3.43. The number of carbonyl (C=O) groups excluding carboxylic acids is 2. The molecule has 0 saturated heterocycles. The molecule has 2 N–H and O–H groups in total. The fraction of sp³-hybridized carbons (Fsp3) is 0.211. The third-order valence-electron chi connectivity index (χ3n) is 3.40. The predicted octanol–water partition coefficient (Wildman–Crippen LogP) is 4.31. The standard InChI is InChI=1S/C19H18BrCl2N3O3/c1-11(2)24-18(26)19(27)25-23-9-12-8-13(20)6-7-17(12)28-10-14-15(21)4-3-5-16(14)22/h3-9,11H,10H2,1-2H3,(H,24,26)(H,25,27)/b23-9-. The van der Waals surface area contributed by atoms with E-state index in [4.69, 9.17) is 27.9 Å². The van der Waals surface area contributed by atoms with Crippen molar-refractivity contribution < 1.29 is 14.3 Å². The summed E-state index contributed by atoms with van der Waals surface area (Å²) in [6.45, 7) is 3.67. The second kappa shape index (κ2) is 10.5. The van der Waals surface area contributed by atoms with Crippen LogP contribution in [0.4, 0.5) is 0 Å². The van der Waals surface area contributed by atoms with Crippen LogP contribution < -0.4 is 15.5 Å². The zero-order valence-corrected chi connectivity index (χ0v) is 18.2. The highest BCUT2D eigenvalue weighted by Gasteiger charge is 2.13. The third kappa shape index (κ3) is 6.51. The summed E-state index contributed by atoms with van der Waals surface area (Å²) in [5.74, 6) is -1.11. The van der Waals surface area contributed by atoms with Gasteiger partial charge >= 0.3 is 11.8 Å². The molecule has 2 amide bonds. The van der Waals surface area contributed by atoms with Crippen LogP contribution >= 0.6 is 39.1 Å². The Morgan fingerprint density at radius 1 is 1.18 bits per heavy atom. The van der Waals surface area contributed by atoms with Gasteiger partial charge in [-0.3, -0.25) is 9.59 Å². The summed E-state index contributed by atoms with van der Waals surface area (Å²) in [7, 11) is 0. The minimum atomic E-state index is -0.856. The first-order valence-electron chi connectivity index (χ1n) is 8.27. The number of hydrogen-bond donors (Lipinski definition) is 2. The smallest absolute Gasteiger partial charge is 0.329 e. The maximum absolute atomic E-state index is 11.7. The fourth-order valence-electron chi connectivity index (χ4n) is 2.11. The van der Waals surface area contributed by atoms with Crippen molar-refractivity contribution >= 4 is 57.2 Å². The van der Waals surface area contributed by atoms with Crippen molar-refractivity contribution in [1.82, 2.24) is 10.7 Å². The van der Waals surface area contributed by atoms with Crippen molar-refractivity contribution in [3.63, 3.8) is 0 Å². The van der Waals surface area contributed by atoms with Gasteiger partial charge in [0.25, 0.3) is 0 Å². The van der Waals surface area contributed by atoms with Gasteiger partial charge in [0, 0.05) is 31.7 Å². The van der Waals surface area contributed by atoms with Gasteiger partial charge in [0.1, 0.15) is 12.4 Å². The topological polar surface area (TPSA) is 79.8 Å². The highest BCUT2D eigenvalue weighted by Crippen LogP contribution is 2.27. The minimum absolute atomic E-state index is 0.149. The van der Waals surface area contributed by atoms with Crippen molar-refractivity contribution in [3.05, 3.63) is 62.0 Å². The lowest BCUT2D eigenvalue weighted by Gasteiger charge is -2.12. The van der Waals surface area contributed by atoms with Crippen molar-refractivity contribution in [3.8, 4) is 5.75 Å². The van der Waals surface area contributed by atoms with E-state index in [9.17, 15) is 9.59 Å². The number of rotatable bonds is 6. The van der Waals surface area contributed by atoms with Gasteiger partial charge in [-0.15, -0.1) is 0 Å². The molecule has 0 aromatic heterocycles. The lowest BCUT2D eigenvalue weighted by Crippen LogP contribution is -2.41. The Kier molecular flexibility index (Phi) is 8.29. The summed E-state index contributed by atoms with van der Waals surface area (Å²) >= 11 is 15.7. The number of hydrazone groups is 1. The molecule has 0 fully saturated rings. The molecule has 0 spiro atoms. The zero-order valence-electron chi connectivity index (χ0n) is 15.1. The Hall–Kier alpha value is -2.09. The van der Waals surface area contributed by atoms with Gasteiger partial charge in [-0.1, -0.05) is 45.2 Å². The van der Waals surface area contributed by atoms with Gasteiger partial charge in [-0.25, -0.2) is 5.43 Å². The predicted molar refractivity (Wildman–Crippen MR) is 114 cm³/mol. The molecular weight excluding hydrogens is 469 g/mol. The Balaban J connectivity index is 2.09. The average molecular weight is 487 g/mol. The van der Waals surface area contributed by atoms with Crippen LogP contribution in [0, 0.1) is 0 Å². The Labute approximate surface area is 181 Å². The molecule has 9 heteroatoms. The molecule has 0 unspecified atom stereocenters. The molecule has 0 radical (unpaired) electrons. The van der Waals surface area contributed by atoms with Crippen molar-refractivity contribution in [2.75, 3.05) is 0 Å². The molecule has 2 aromatic carbocycles. The monoisotopic (exact) mass is 485 g/mol. The molecule has 0 aliphatic carbocycles. The van der Waals surface area contributed by atoms with Crippen LogP contribution in [0.5, 0.6) is 5.75 Å². The number of halogens is 3. The first-order chi connectivity index (χ1) is 13.3. The Bertz CT molecular complexity index is 884. The van der Waals surface area contributed by atoms with Crippen LogP contribution in [0.3, 0.4) is 0 Å². The lowest BCUT2D eigenvalue weighted by atomic mass is 10.2. The number of amides is 2. The van der Waals surface area contributed by atoms with Crippen molar-refractivity contribution in [2.45, 2.75) is 26.5 Å². The van der Waals surface area contributed by atoms with E-state index in [2.05, 4.69) is 31.8 Å². The molecule has 0 aliphatic heterocycles. The van der Waals surface area contributed by atoms with E-state index in [0.29, 0.717) is 26.9 Å². The van der Waals surface area contributed by atoms with E-state index in [1.165, 1.54) is 6.21 Å². The van der Waals surface area contributed by atoms with Gasteiger partial charge in [0.15, 0.2) is 0 Å². The number of benzene rings is 2. The van der Waals surface area contributed by atoms with Crippen LogP contribution in [-0.2, 0) is 16.2 Å². The normalized spacial score (nSPS) is 10.9. The minimum Gasteiger partial charge on any atom is -0.488 e. The molecule has 6 nitrogen and oxygen atoms in total. The average Bonchev–Trinajstić information content (AvgIpc) is 2.62. The van der Waals surface area contributed by atoms with E-state index in [-0.39, 0.29) is 12.6 Å². The molecular formula is C19H18BrCl2N3O3. The number of nitrogens with one attached hydrogen (secondary N) is 2. The summed E-state index contributed by atoms with van der Waals surface area (Å²) in [5, 5.41) is 7.31. The van der Waals surface area contributed by atoms with Crippen LogP contribution in [0.2, 0.25) is 10.0 Å². The van der Waals surface area contributed by atoms with Crippen molar-refractivity contribution in [1.29, 1.82) is 0 Å². The van der Waals surface area contributed by atoms with E-state index >= 15 is 0 Å². The van der Waals surface area contributed by atoms with Crippen LogP contribution in [-0.4, -0.2) is 24.1 Å². The van der Waals surface area contributed by atoms with Crippen LogP contribution in [0.1, 0.15) is 25.0 Å². The molecule has 0 atom stereocenters. The number of hydrogen-bond acceptors (Lipinski definition) is 4. The molecule has 2 aromatic rings. The van der Waals surface area contributed by atoms with Gasteiger partial charge in [0.05, 0.1) is 6.21 Å². The maximum atomic E-state index is 11.7. The van der Waals surface area contributed by atoms with Crippen LogP contribution in [0.25, 0.3) is 0 Å². The zero-order chi connectivity index (χ0) is 20.7. The molecule has 0 saturated carbocycles. The lowest BCUT2D eigenvalue weighted by molar-refractivity contribution is -0.139. The van der Waals surface area contributed by atoms with Crippen LogP contribution in [0.15, 0.2) is 46.0 Å². The number of ether oxygens (including phenoxy) is 1. The first kappa shape index (κ1) is 22.2. The maximum Gasteiger partial charge on any atom is 0.329 e. The molecule has 0 aliphatic rings. The number of carbonyl (C=O) groups is 2. The van der Waals surface area contributed by atoms with Gasteiger partial charge in [-0.2, -0.15) is 5.10 Å².